The minimum Gasteiger partial charge on any atom is -0.378 e. The summed E-state index contributed by atoms with van der Waals surface area (Å²) in [6, 6.07) is 13.3. The maximum Gasteiger partial charge on any atom is 0.251 e. The number of hydrogen-bond donors (Lipinski definition) is 2. The van der Waals surface area contributed by atoms with Crippen molar-refractivity contribution in [2.75, 3.05) is 5.32 Å². The largest absolute Gasteiger partial charge is 0.378 e. The quantitative estimate of drug-likeness (QED) is 0.721. The lowest BCUT2D eigenvalue weighted by atomic mass is 10.1. The summed E-state index contributed by atoms with van der Waals surface area (Å²) in [4.78, 5) is 16.2. The van der Waals surface area contributed by atoms with E-state index >= 15 is 0 Å². The van der Waals surface area contributed by atoms with Crippen LogP contribution < -0.4 is 10.6 Å². The fraction of sp³-hybridized carbons (Fsp3) is 0.167. The van der Waals surface area contributed by atoms with Crippen molar-refractivity contribution in [3.8, 4) is 0 Å². The fourth-order valence-corrected chi connectivity index (χ4v) is 2.25. The van der Waals surface area contributed by atoms with Gasteiger partial charge in [-0.2, -0.15) is 4.98 Å². The van der Waals surface area contributed by atoms with Crippen molar-refractivity contribution < 1.29 is 13.7 Å². The molecule has 6 nitrogen and oxygen atoms in total. The summed E-state index contributed by atoms with van der Waals surface area (Å²) in [6.07, 6.45) is 0. The number of halogens is 1. The van der Waals surface area contributed by atoms with Gasteiger partial charge in [-0.25, -0.2) is 4.39 Å². The maximum atomic E-state index is 13.5. The zero-order chi connectivity index (χ0) is 17.6. The molecule has 1 heterocycles. The lowest BCUT2D eigenvalue weighted by molar-refractivity contribution is 0.0950. The van der Waals surface area contributed by atoms with Gasteiger partial charge in [0.15, 0.2) is 5.82 Å². The fourth-order valence-electron chi connectivity index (χ4n) is 2.25. The number of hydrogen-bond acceptors (Lipinski definition) is 5. The number of aryl methyl sites for hydroxylation is 1. The number of anilines is 1. The van der Waals surface area contributed by atoms with Gasteiger partial charge < -0.3 is 15.2 Å². The predicted molar refractivity (Wildman–Crippen MR) is 90.4 cm³/mol. The highest BCUT2D eigenvalue weighted by Gasteiger charge is 2.07. The van der Waals surface area contributed by atoms with Gasteiger partial charge in [-0.3, -0.25) is 4.79 Å². The van der Waals surface area contributed by atoms with Gasteiger partial charge in [0.1, 0.15) is 5.82 Å². The second-order valence-corrected chi connectivity index (χ2v) is 5.43. The smallest absolute Gasteiger partial charge is 0.251 e. The number of carbonyl (C=O) groups is 1. The van der Waals surface area contributed by atoms with E-state index in [1.807, 2.05) is 0 Å². The molecule has 0 aliphatic heterocycles. The van der Waals surface area contributed by atoms with Gasteiger partial charge in [0, 0.05) is 30.3 Å². The number of aromatic nitrogens is 2. The molecule has 1 aromatic heterocycles. The lowest BCUT2D eigenvalue weighted by Crippen LogP contribution is -2.23. The van der Waals surface area contributed by atoms with Crippen molar-refractivity contribution >= 4 is 11.6 Å². The molecular formula is C18H17FN4O2. The average molecular weight is 340 g/mol. The molecule has 0 aliphatic rings. The molecule has 0 atom stereocenters. The third-order valence-electron chi connectivity index (χ3n) is 3.56. The molecule has 3 rings (SSSR count). The first-order valence-corrected chi connectivity index (χ1v) is 7.76. The Hall–Kier alpha value is -3.22. The minimum absolute atomic E-state index is 0.142. The Balaban J connectivity index is 1.54. The van der Waals surface area contributed by atoms with E-state index in [-0.39, 0.29) is 18.3 Å². The van der Waals surface area contributed by atoms with Crippen molar-refractivity contribution in [2.24, 2.45) is 0 Å². The zero-order valence-corrected chi connectivity index (χ0v) is 13.6. The molecule has 0 bridgehead atoms. The van der Waals surface area contributed by atoms with E-state index in [1.165, 1.54) is 6.07 Å². The van der Waals surface area contributed by atoms with Crippen LogP contribution in [-0.2, 0) is 13.1 Å². The number of carbonyl (C=O) groups excluding carboxylic acids is 1. The van der Waals surface area contributed by atoms with Crippen LogP contribution in [0.3, 0.4) is 0 Å². The van der Waals surface area contributed by atoms with Crippen molar-refractivity contribution in [1.82, 2.24) is 15.5 Å². The Bertz CT molecular complexity index is 862. The molecule has 128 valence electrons. The van der Waals surface area contributed by atoms with E-state index in [0.717, 1.165) is 5.69 Å². The average Bonchev–Trinajstić information content (AvgIpc) is 3.05. The van der Waals surface area contributed by atoms with Crippen LogP contribution in [0.15, 0.2) is 53.1 Å². The first-order valence-electron chi connectivity index (χ1n) is 7.76. The van der Waals surface area contributed by atoms with Gasteiger partial charge in [0.05, 0.1) is 6.54 Å². The Morgan fingerprint density at radius 2 is 1.88 bits per heavy atom. The van der Waals surface area contributed by atoms with Gasteiger partial charge in [-0.1, -0.05) is 23.4 Å². The molecule has 0 saturated carbocycles. The molecule has 1 amide bonds. The highest BCUT2D eigenvalue weighted by atomic mass is 19.1. The van der Waals surface area contributed by atoms with E-state index < -0.39 is 0 Å². The van der Waals surface area contributed by atoms with Crippen LogP contribution in [0.2, 0.25) is 0 Å². The molecular weight excluding hydrogens is 323 g/mol. The summed E-state index contributed by atoms with van der Waals surface area (Å²) >= 11 is 0. The third kappa shape index (κ3) is 4.41. The van der Waals surface area contributed by atoms with Crippen LogP contribution in [0.5, 0.6) is 0 Å². The molecule has 3 aromatic rings. The number of nitrogens with one attached hydrogen (secondary N) is 2. The number of amides is 1. The number of nitrogens with zero attached hydrogens (tertiary/aromatic N) is 2. The minimum atomic E-state index is -0.334. The molecule has 0 aliphatic carbocycles. The highest BCUT2D eigenvalue weighted by molar-refractivity contribution is 5.94. The summed E-state index contributed by atoms with van der Waals surface area (Å²) in [7, 11) is 0. The second kappa shape index (κ2) is 7.57. The van der Waals surface area contributed by atoms with E-state index in [4.69, 9.17) is 4.52 Å². The Morgan fingerprint density at radius 3 is 2.56 bits per heavy atom. The molecule has 0 spiro atoms. The molecule has 0 unspecified atom stereocenters. The molecule has 0 fully saturated rings. The molecule has 2 N–H and O–H groups in total. The Labute approximate surface area is 144 Å². The van der Waals surface area contributed by atoms with Gasteiger partial charge in [0.25, 0.3) is 5.91 Å². The SMILES string of the molecule is Cc1nc(CNc2ccc(C(=O)NCc3ccccc3F)cc2)no1. The van der Waals surface area contributed by atoms with Gasteiger partial charge in [0.2, 0.25) is 5.89 Å². The first kappa shape index (κ1) is 16.6. The van der Waals surface area contributed by atoms with Crippen LogP contribution in [0.25, 0.3) is 0 Å². The van der Waals surface area contributed by atoms with Crippen LogP contribution >= 0.6 is 0 Å². The van der Waals surface area contributed by atoms with Crippen LogP contribution in [0.4, 0.5) is 10.1 Å². The molecule has 0 radical (unpaired) electrons. The highest BCUT2D eigenvalue weighted by Crippen LogP contribution is 2.11. The van der Waals surface area contributed by atoms with Crippen LogP contribution in [0, 0.1) is 12.7 Å². The predicted octanol–water partition coefficient (Wildman–Crippen LogP) is 3.06. The van der Waals surface area contributed by atoms with Crippen molar-refractivity contribution in [1.29, 1.82) is 0 Å². The Morgan fingerprint density at radius 1 is 1.12 bits per heavy atom. The van der Waals surface area contributed by atoms with Crippen molar-refractivity contribution in [3.63, 3.8) is 0 Å². The van der Waals surface area contributed by atoms with E-state index in [9.17, 15) is 9.18 Å². The van der Waals surface area contributed by atoms with Gasteiger partial charge in [-0.15, -0.1) is 0 Å². The van der Waals surface area contributed by atoms with E-state index in [1.54, 1.807) is 49.4 Å². The summed E-state index contributed by atoms with van der Waals surface area (Å²) in [6.45, 7) is 2.30. The maximum absolute atomic E-state index is 13.5. The first-order chi connectivity index (χ1) is 12.1. The third-order valence-corrected chi connectivity index (χ3v) is 3.56. The van der Waals surface area contributed by atoms with Crippen LogP contribution in [0.1, 0.15) is 27.6 Å². The zero-order valence-electron chi connectivity index (χ0n) is 13.6. The van der Waals surface area contributed by atoms with E-state index in [2.05, 4.69) is 20.8 Å². The molecule has 25 heavy (non-hydrogen) atoms. The van der Waals surface area contributed by atoms with Gasteiger partial charge in [-0.05, 0) is 30.3 Å². The normalized spacial score (nSPS) is 10.5. The van der Waals surface area contributed by atoms with Crippen molar-refractivity contribution in [3.05, 3.63) is 77.2 Å². The monoisotopic (exact) mass is 340 g/mol. The molecule has 0 saturated heterocycles. The summed E-state index contributed by atoms with van der Waals surface area (Å²) in [5, 5.41) is 9.64. The topological polar surface area (TPSA) is 80.0 Å². The van der Waals surface area contributed by atoms with Gasteiger partial charge >= 0.3 is 0 Å². The van der Waals surface area contributed by atoms with Crippen LogP contribution in [-0.4, -0.2) is 16.0 Å². The number of rotatable bonds is 6. The Kier molecular flexibility index (Phi) is 5.03. The second-order valence-electron chi connectivity index (χ2n) is 5.43. The summed E-state index contributed by atoms with van der Waals surface area (Å²) in [5.74, 6) is 0.477. The lowest BCUT2D eigenvalue weighted by Gasteiger charge is -2.08. The van der Waals surface area contributed by atoms with Crippen molar-refractivity contribution in [2.45, 2.75) is 20.0 Å². The molecule has 7 heteroatoms. The number of benzene rings is 2. The van der Waals surface area contributed by atoms with E-state index in [0.29, 0.717) is 29.4 Å². The summed E-state index contributed by atoms with van der Waals surface area (Å²) in [5.41, 5.74) is 1.77. The molecule has 2 aromatic carbocycles. The standard InChI is InChI=1S/C18H17FN4O2/c1-12-22-17(23-25-12)11-20-15-8-6-13(7-9-15)18(24)21-10-14-4-2-3-5-16(14)19/h2-9,20H,10-11H2,1H3,(H,21,24). The summed E-state index contributed by atoms with van der Waals surface area (Å²) < 4.78 is 18.4.